The molecule has 1 aromatic carbocycles. The summed E-state index contributed by atoms with van der Waals surface area (Å²) in [4.78, 5) is 25.9. The van der Waals surface area contributed by atoms with Crippen molar-refractivity contribution in [1.82, 2.24) is 20.4 Å². The molecule has 2 amide bonds. The van der Waals surface area contributed by atoms with Gasteiger partial charge in [-0.3, -0.25) is 14.7 Å². The molecule has 1 aromatic heterocycles. The lowest BCUT2D eigenvalue weighted by Crippen LogP contribution is -2.38. The molecular weight excluding hydrogens is 416 g/mol. The standard InChI is InChI=1S/C18H17ClF4N4O2/c19-13-7-11(20)1-2-12(13)17(29)27-5-3-10(4-6-27)14-8-15(26-25-14)16(28)24-9-18(21,22)23/h1-2,7-8,10H,3-6,9H2,(H,24,28)(H,25,26). The fourth-order valence-electron chi connectivity index (χ4n) is 3.16. The molecule has 11 heteroatoms. The molecule has 2 heterocycles. The smallest absolute Gasteiger partial charge is 0.342 e. The molecule has 0 unspecified atom stereocenters. The number of amides is 2. The van der Waals surface area contributed by atoms with Crippen LogP contribution < -0.4 is 5.32 Å². The summed E-state index contributed by atoms with van der Waals surface area (Å²) in [7, 11) is 0. The van der Waals surface area contributed by atoms with Crippen molar-refractivity contribution < 1.29 is 27.2 Å². The summed E-state index contributed by atoms with van der Waals surface area (Å²) in [6, 6.07) is 5.01. The molecule has 2 N–H and O–H groups in total. The van der Waals surface area contributed by atoms with Crippen LogP contribution in [0.25, 0.3) is 0 Å². The second-order valence-corrected chi connectivity index (χ2v) is 7.10. The monoisotopic (exact) mass is 432 g/mol. The number of likely N-dealkylation sites (tertiary alicyclic amines) is 1. The predicted octanol–water partition coefficient (Wildman–Crippen LogP) is 3.51. The number of H-pyrrole nitrogens is 1. The van der Waals surface area contributed by atoms with Gasteiger partial charge in [0.05, 0.1) is 10.6 Å². The number of nitrogens with zero attached hydrogens (tertiary/aromatic N) is 2. The van der Waals surface area contributed by atoms with Crippen LogP contribution in [-0.4, -0.2) is 52.7 Å². The van der Waals surface area contributed by atoms with Gasteiger partial charge in [0.2, 0.25) is 0 Å². The quantitative estimate of drug-likeness (QED) is 0.726. The predicted molar refractivity (Wildman–Crippen MR) is 96.3 cm³/mol. The van der Waals surface area contributed by atoms with Gasteiger partial charge in [0.15, 0.2) is 0 Å². The molecule has 156 valence electrons. The summed E-state index contributed by atoms with van der Waals surface area (Å²) < 4.78 is 49.7. The highest BCUT2D eigenvalue weighted by atomic mass is 35.5. The molecule has 1 aliphatic rings. The molecule has 1 saturated heterocycles. The Morgan fingerprint density at radius 3 is 2.55 bits per heavy atom. The Kier molecular flexibility index (Phi) is 6.11. The minimum Gasteiger partial charge on any atom is -0.342 e. The van der Waals surface area contributed by atoms with Crippen LogP contribution >= 0.6 is 11.6 Å². The Hall–Kier alpha value is -2.62. The van der Waals surface area contributed by atoms with Crippen LogP contribution in [0.1, 0.15) is 45.3 Å². The molecule has 2 aromatic rings. The van der Waals surface area contributed by atoms with Crippen LogP contribution in [0.15, 0.2) is 24.3 Å². The van der Waals surface area contributed by atoms with Crippen LogP contribution in [0, 0.1) is 5.82 Å². The lowest BCUT2D eigenvalue weighted by molar-refractivity contribution is -0.123. The van der Waals surface area contributed by atoms with Gasteiger partial charge >= 0.3 is 6.18 Å². The van der Waals surface area contributed by atoms with Crippen LogP contribution in [-0.2, 0) is 0 Å². The van der Waals surface area contributed by atoms with Crippen molar-refractivity contribution in [2.75, 3.05) is 19.6 Å². The van der Waals surface area contributed by atoms with E-state index in [4.69, 9.17) is 11.6 Å². The van der Waals surface area contributed by atoms with Gasteiger partial charge in [-0.05, 0) is 37.1 Å². The number of hydrogen-bond acceptors (Lipinski definition) is 3. The first-order valence-corrected chi connectivity index (χ1v) is 9.16. The van der Waals surface area contributed by atoms with Crippen molar-refractivity contribution in [2.45, 2.75) is 24.9 Å². The number of benzene rings is 1. The molecule has 0 spiro atoms. The van der Waals surface area contributed by atoms with Crippen LogP contribution in [0.3, 0.4) is 0 Å². The number of hydrogen-bond donors (Lipinski definition) is 2. The van der Waals surface area contributed by atoms with Gasteiger partial charge in [-0.1, -0.05) is 11.6 Å². The molecule has 6 nitrogen and oxygen atoms in total. The average Bonchev–Trinajstić information content (AvgIpc) is 3.15. The fourth-order valence-corrected chi connectivity index (χ4v) is 3.41. The molecule has 0 saturated carbocycles. The number of rotatable bonds is 4. The topological polar surface area (TPSA) is 78.1 Å². The van der Waals surface area contributed by atoms with Gasteiger partial charge in [-0.25, -0.2) is 4.39 Å². The van der Waals surface area contributed by atoms with E-state index in [9.17, 15) is 27.2 Å². The van der Waals surface area contributed by atoms with E-state index in [1.807, 2.05) is 0 Å². The average molecular weight is 433 g/mol. The SMILES string of the molecule is O=C(NCC(F)(F)F)c1cc(C2CCN(C(=O)c3ccc(F)cc3Cl)CC2)[nH]n1. The zero-order valence-electron chi connectivity index (χ0n) is 15.0. The van der Waals surface area contributed by atoms with Crippen molar-refractivity contribution >= 4 is 23.4 Å². The number of aromatic nitrogens is 2. The van der Waals surface area contributed by atoms with Gasteiger partial charge in [0, 0.05) is 24.7 Å². The summed E-state index contributed by atoms with van der Waals surface area (Å²) >= 11 is 5.95. The summed E-state index contributed by atoms with van der Waals surface area (Å²) in [6.07, 6.45) is -3.37. The van der Waals surface area contributed by atoms with E-state index in [2.05, 4.69) is 10.2 Å². The normalized spacial score (nSPS) is 15.4. The van der Waals surface area contributed by atoms with Gasteiger partial charge in [-0.15, -0.1) is 0 Å². The van der Waals surface area contributed by atoms with E-state index < -0.39 is 24.4 Å². The third kappa shape index (κ3) is 5.26. The number of carbonyl (C=O) groups excluding carboxylic acids is 2. The minimum absolute atomic E-state index is 0.0283. The molecule has 0 atom stereocenters. The first kappa shape index (κ1) is 21.1. The van der Waals surface area contributed by atoms with Gasteiger partial charge in [-0.2, -0.15) is 18.3 Å². The Labute approximate surface area is 168 Å². The van der Waals surface area contributed by atoms with Crippen LogP contribution in [0.2, 0.25) is 5.02 Å². The Morgan fingerprint density at radius 2 is 1.93 bits per heavy atom. The summed E-state index contributed by atoms with van der Waals surface area (Å²) in [5, 5.41) is 8.27. The van der Waals surface area contributed by atoms with Crippen LogP contribution in [0.5, 0.6) is 0 Å². The van der Waals surface area contributed by atoms with E-state index >= 15 is 0 Å². The first-order chi connectivity index (χ1) is 13.6. The molecule has 0 radical (unpaired) electrons. The van der Waals surface area contributed by atoms with E-state index in [0.29, 0.717) is 31.6 Å². The van der Waals surface area contributed by atoms with Crippen molar-refractivity contribution in [2.24, 2.45) is 0 Å². The summed E-state index contributed by atoms with van der Waals surface area (Å²) in [5.74, 6) is -1.77. The maximum Gasteiger partial charge on any atom is 0.405 e. The number of alkyl halides is 3. The van der Waals surface area contributed by atoms with Crippen molar-refractivity contribution in [3.8, 4) is 0 Å². The van der Waals surface area contributed by atoms with E-state index in [1.165, 1.54) is 18.2 Å². The third-order valence-corrected chi connectivity index (χ3v) is 4.98. The Bertz CT molecular complexity index is 908. The highest BCUT2D eigenvalue weighted by Gasteiger charge is 2.30. The Morgan fingerprint density at radius 1 is 1.24 bits per heavy atom. The molecule has 1 aliphatic heterocycles. The molecule has 1 fully saturated rings. The van der Waals surface area contributed by atoms with E-state index in [0.717, 1.165) is 6.07 Å². The summed E-state index contributed by atoms with van der Waals surface area (Å²) in [6.45, 7) is -0.613. The second kappa shape index (κ2) is 8.40. The lowest BCUT2D eigenvalue weighted by atomic mass is 9.93. The van der Waals surface area contributed by atoms with Crippen molar-refractivity contribution in [3.63, 3.8) is 0 Å². The highest BCUT2D eigenvalue weighted by Crippen LogP contribution is 2.29. The third-order valence-electron chi connectivity index (χ3n) is 4.66. The first-order valence-electron chi connectivity index (χ1n) is 8.78. The number of aromatic amines is 1. The number of nitrogens with one attached hydrogen (secondary N) is 2. The lowest BCUT2D eigenvalue weighted by Gasteiger charge is -2.31. The second-order valence-electron chi connectivity index (χ2n) is 6.70. The summed E-state index contributed by atoms with van der Waals surface area (Å²) in [5.41, 5.74) is 0.714. The van der Waals surface area contributed by atoms with E-state index in [1.54, 1.807) is 10.2 Å². The van der Waals surface area contributed by atoms with Crippen molar-refractivity contribution in [3.05, 3.63) is 52.1 Å². The van der Waals surface area contributed by atoms with Crippen molar-refractivity contribution in [1.29, 1.82) is 0 Å². The largest absolute Gasteiger partial charge is 0.405 e. The molecule has 0 aliphatic carbocycles. The van der Waals surface area contributed by atoms with E-state index in [-0.39, 0.29) is 28.1 Å². The Balaban J connectivity index is 1.58. The van der Waals surface area contributed by atoms with Gasteiger partial charge < -0.3 is 10.2 Å². The van der Waals surface area contributed by atoms with Gasteiger partial charge in [0.1, 0.15) is 18.1 Å². The number of piperidine rings is 1. The maximum atomic E-state index is 13.2. The zero-order chi connectivity index (χ0) is 21.2. The molecular formula is C18H17ClF4N4O2. The fraction of sp³-hybridized carbons (Fsp3) is 0.389. The molecule has 3 rings (SSSR count). The zero-order valence-corrected chi connectivity index (χ0v) is 15.8. The number of carbonyl (C=O) groups is 2. The molecule has 29 heavy (non-hydrogen) atoms. The maximum absolute atomic E-state index is 13.2. The molecule has 0 bridgehead atoms. The minimum atomic E-state index is -4.50. The number of halogens is 5. The van der Waals surface area contributed by atoms with Crippen LogP contribution in [0.4, 0.5) is 17.6 Å². The van der Waals surface area contributed by atoms with Gasteiger partial charge in [0.25, 0.3) is 11.8 Å². The highest BCUT2D eigenvalue weighted by molar-refractivity contribution is 6.33.